The number of phenols is 1. The zero-order valence-corrected chi connectivity index (χ0v) is 24.8. The number of carboxylic acids is 2. The van der Waals surface area contributed by atoms with Gasteiger partial charge in [-0.3, -0.25) is 24.5 Å². The maximum absolute atomic E-state index is 13.6. The molecule has 14 nitrogen and oxygen atoms in total. The van der Waals surface area contributed by atoms with Crippen molar-refractivity contribution in [3.8, 4) is 5.75 Å². The van der Waals surface area contributed by atoms with Gasteiger partial charge in [0, 0.05) is 37.7 Å². The highest BCUT2D eigenvalue weighted by atomic mass is 16.6. The number of aliphatic carboxylic acids is 2. The zero-order chi connectivity index (χ0) is 33.4. The molecule has 1 aliphatic heterocycles. The highest BCUT2D eigenvalue weighted by molar-refractivity contribution is 5.91. The van der Waals surface area contributed by atoms with Gasteiger partial charge in [0.25, 0.3) is 6.20 Å². The van der Waals surface area contributed by atoms with Crippen LogP contribution >= 0.6 is 0 Å². The predicted molar refractivity (Wildman–Crippen MR) is 166 cm³/mol. The first-order chi connectivity index (χ1) is 21.9. The average Bonchev–Trinajstić information content (AvgIpc) is 3.00. The third-order valence-corrected chi connectivity index (χ3v) is 7.39. The van der Waals surface area contributed by atoms with Gasteiger partial charge in [0.05, 0.1) is 4.92 Å². The third-order valence-electron chi connectivity index (χ3n) is 7.39. The number of fused-ring (bicyclic) bond motifs is 1. The fraction of sp³-hybridized carbons (Fsp3) is 0.250. The van der Waals surface area contributed by atoms with Gasteiger partial charge in [-0.15, -0.1) is 0 Å². The van der Waals surface area contributed by atoms with Crippen LogP contribution in [0.5, 0.6) is 5.75 Å². The second-order valence-corrected chi connectivity index (χ2v) is 10.7. The van der Waals surface area contributed by atoms with Crippen LogP contribution < -0.4 is 16.0 Å². The summed E-state index contributed by atoms with van der Waals surface area (Å²) < 4.78 is 0. The van der Waals surface area contributed by atoms with E-state index in [0.29, 0.717) is 40.9 Å². The maximum atomic E-state index is 13.6. The number of rotatable bonds is 13. The molecule has 4 rings (SSSR count). The Morgan fingerprint density at radius 3 is 2.22 bits per heavy atom. The molecule has 3 aromatic carbocycles. The summed E-state index contributed by atoms with van der Waals surface area (Å²) in [6, 6.07) is 15.2. The number of benzene rings is 3. The van der Waals surface area contributed by atoms with Crippen LogP contribution in [0.2, 0.25) is 0 Å². The van der Waals surface area contributed by atoms with Crippen LogP contribution in [-0.2, 0) is 38.4 Å². The number of hydrogen-bond acceptors (Lipinski definition) is 9. The second-order valence-electron chi connectivity index (χ2n) is 10.7. The first-order valence-corrected chi connectivity index (χ1v) is 14.3. The number of aryl methyl sites for hydroxylation is 1. The fourth-order valence-corrected chi connectivity index (χ4v) is 5.16. The molecule has 1 aliphatic rings. The zero-order valence-electron chi connectivity index (χ0n) is 24.8. The lowest BCUT2D eigenvalue weighted by molar-refractivity contribution is -0.403. The molecular weight excluding hydrogens is 598 g/mol. The minimum absolute atomic E-state index is 0.0319. The van der Waals surface area contributed by atoms with Crippen LogP contribution in [-0.4, -0.2) is 61.5 Å². The molecule has 3 aromatic rings. The minimum Gasteiger partial charge on any atom is -0.508 e. The second kappa shape index (κ2) is 14.7. The number of aromatic hydroxyl groups is 1. The van der Waals surface area contributed by atoms with E-state index < -0.39 is 34.9 Å². The molecule has 46 heavy (non-hydrogen) atoms. The average molecular weight is 632 g/mol. The molecule has 0 saturated heterocycles. The van der Waals surface area contributed by atoms with Gasteiger partial charge in [0.2, 0.25) is 11.8 Å². The Labute approximate surface area is 263 Å². The first-order valence-electron chi connectivity index (χ1n) is 14.3. The molecule has 2 atom stereocenters. The van der Waals surface area contributed by atoms with Gasteiger partial charge in [-0.2, -0.15) is 0 Å². The Morgan fingerprint density at radius 2 is 1.61 bits per heavy atom. The molecule has 240 valence electrons. The Hall–Kier alpha value is -5.92. The Bertz CT molecular complexity index is 1660. The molecule has 0 spiro atoms. The maximum Gasteiger partial charge on any atom is 0.326 e. The fourth-order valence-electron chi connectivity index (χ4n) is 5.16. The number of nitro groups is 1. The molecule has 0 bridgehead atoms. The molecule has 0 fully saturated rings. The number of nitrogens with one attached hydrogen (secondary N) is 3. The largest absolute Gasteiger partial charge is 0.508 e. The van der Waals surface area contributed by atoms with E-state index in [2.05, 4.69) is 16.0 Å². The molecule has 2 unspecified atom stereocenters. The summed E-state index contributed by atoms with van der Waals surface area (Å²) in [5.74, 6) is -3.17. The smallest absolute Gasteiger partial charge is 0.326 e. The van der Waals surface area contributed by atoms with Gasteiger partial charge in [-0.05, 0) is 71.5 Å². The molecule has 0 aliphatic carbocycles. The normalized spacial score (nSPS) is 14.8. The van der Waals surface area contributed by atoms with Crippen LogP contribution in [0.25, 0.3) is 0 Å². The summed E-state index contributed by atoms with van der Waals surface area (Å²) in [5.41, 5.74) is 3.52. The van der Waals surface area contributed by atoms with Crippen molar-refractivity contribution >= 4 is 35.1 Å². The lowest BCUT2D eigenvalue weighted by Gasteiger charge is -2.36. The quantitative estimate of drug-likeness (QED) is 0.0915. The summed E-state index contributed by atoms with van der Waals surface area (Å²) in [7, 11) is 0. The summed E-state index contributed by atoms with van der Waals surface area (Å²) in [4.78, 5) is 61.2. The Kier molecular flexibility index (Phi) is 10.5. The number of nitrogens with zero attached hydrogens (tertiary/aromatic N) is 2. The number of hydrogen-bond donors (Lipinski definition) is 6. The van der Waals surface area contributed by atoms with E-state index in [0.717, 1.165) is 11.8 Å². The molecule has 14 heteroatoms. The van der Waals surface area contributed by atoms with Crippen molar-refractivity contribution < 1.29 is 39.4 Å². The molecular formula is C32H33N5O9. The Balaban J connectivity index is 1.53. The number of carbonyl (C=O) groups is 4. The number of carboxylic acid groups (broad SMARTS) is 2. The minimum atomic E-state index is -1.31. The van der Waals surface area contributed by atoms with Crippen LogP contribution in [0.4, 0.5) is 11.4 Å². The van der Waals surface area contributed by atoms with Gasteiger partial charge >= 0.3 is 11.9 Å². The van der Waals surface area contributed by atoms with Crippen molar-refractivity contribution in [2.75, 3.05) is 17.2 Å². The van der Waals surface area contributed by atoms with Gasteiger partial charge in [-0.1, -0.05) is 30.3 Å². The van der Waals surface area contributed by atoms with Crippen LogP contribution in [0, 0.1) is 10.1 Å². The number of anilines is 2. The lowest BCUT2D eigenvalue weighted by Crippen LogP contribution is -2.51. The predicted octanol–water partition coefficient (Wildman–Crippen LogP) is 3.27. The standard InChI is InChI=1S/C32H33N5O9/c1-19(38)36-15-14-22-17-24(34-28(18-37(45)46)33-23-7-10-25(39)11-8-23)9-12-26(22)30(36)31(42)35-27(32(43)44)16-21-4-2-20(3-5-21)6-13-29(40)41/h2-5,7-12,17-18,27,30,33-34,39H,6,13-16H2,1H3,(H,35,42)(H,40,41)(H,43,44). The van der Waals surface area contributed by atoms with Crippen molar-refractivity contribution in [1.82, 2.24) is 10.2 Å². The van der Waals surface area contributed by atoms with Gasteiger partial charge < -0.3 is 36.2 Å². The van der Waals surface area contributed by atoms with Crippen LogP contribution in [0.15, 0.2) is 78.8 Å². The molecule has 0 saturated carbocycles. The van der Waals surface area contributed by atoms with Crippen molar-refractivity contribution in [3.63, 3.8) is 0 Å². The molecule has 1 heterocycles. The van der Waals surface area contributed by atoms with E-state index in [4.69, 9.17) is 5.11 Å². The van der Waals surface area contributed by atoms with Gasteiger partial charge in [0.1, 0.15) is 17.8 Å². The number of carbonyl (C=O) groups excluding carboxylic acids is 2. The van der Waals surface area contributed by atoms with Crippen molar-refractivity contribution in [3.05, 3.63) is 111 Å². The lowest BCUT2D eigenvalue weighted by atomic mass is 9.91. The topological polar surface area (TPSA) is 211 Å². The summed E-state index contributed by atoms with van der Waals surface area (Å²) in [6.07, 6.45) is 1.38. The van der Waals surface area contributed by atoms with Gasteiger partial charge in [-0.25, -0.2) is 4.79 Å². The first kappa shape index (κ1) is 33.0. The van der Waals surface area contributed by atoms with E-state index in [9.17, 15) is 39.5 Å². The van der Waals surface area contributed by atoms with E-state index in [-0.39, 0.29) is 36.9 Å². The van der Waals surface area contributed by atoms with Crippen LogP contribution in [0.3, 0.4) is 0 Å². The van der Waals surface area contributed by atoms with Crippen LogP contribution in [0.1, 0.15) is 41.6 Å². The number of amides is 2. The highest BCUT2D eigenvalue weighted by Crippen LogP contribution is 2.33. The number of phenolic OH excluding ortho intramolecular Hbond substituents is 1. The summed E-state index contributed by atoms with van der Waals surface area (Å²) in [5, 5.41) is 48.0. The molecule has 0 aromatic heterocycles. The van der Waals surface area contributed by atoms with Crippen molar-refractivity contribution in [1.29, 1.82) is 0 Å². The van der Waals surface area contributed by atoms with Crippen molar-refractivity contribution in [2.24, 2.45) is 0 Å². The third kappa shape index (κ3) is 8.81. The molecule has 0 radical (unpaired) electrons. The van der Waals surface area contributed by atoms with E-state index in [1.807, 2.05) is 0 Å². The van der Waals surface area contributed by atoms with E-state index >= 15 is 0 Å². The highest BCUT2D eigenvalue weighted by Gasteiger charge is 2.36. The molecule has 6 N–H and O–H groups in total. The monoisotopic (exact) mass is 631 g/mol. The Morgan fingerprint density at radius 1 is 0.978 bits per heavy atom. The molecule has 2 amide bonds. The van der Waals surface area contributed by atoms with E-state index in [1.54, 1.807) is 54.6 Å². The summed E-state index contributed by atoms with van der Waals surface area (Å²) in [6.45, 7) is 1.51. The van der Waals surface area contributed by atoms with Crippen molar-refractivity contribution in [2.45, 2.75) is 44.7 Å². The summed E-state index contributed by atoms with van der Waals surface area (Å²) >= 11 is 0. The van der Waals surface area contributed by atoms with Gasteiger partial charge in [0.15, 0.2) is 5.82 Å². The SMILES string of the molecule is CC(=O)N1CCc2cc(NC(=C[N+](=O)[O-])Nc3ccc(O)cc3)ccc2C1C(=O)NC(Cc1ccc(CCC(=O)O)cc1)C(=O)O. The van der Waals surface area contributed by atoms with E-state index in [1.165, 1.54) is 24.0 Å².